The normalized spacial score (nSPS) is 24.8. The van der Waals surface area contributed by atoms with Gasteiger partial charge in [-0.1, -0.05) is 0 Å². The standard InChI is InChI=1S/C14H20N2O3/c1-10-3-4-15-14-13(10)19-9-11-7-12(8-16(11)14)18-6-5-17-2/h3-4,11-12H,5-9H2,1-2H3. The van der Waals surface area contributed by atoms with E-state index in [1.165, 1.54) is 0 Å². The zero-order chi connectivity index (χ0) is 13.2. The third-order valence-electron chi connectivity index (χ3n) is 3.79. The Balaban J connectivity index is 1.71. The number of anilines is 1. The number of methoxy groups -OCH3 is 1. The predicted octanol–water partition coefficient (Wildman–Crippen LogP) is 1.39. The molecule has 104 valence electrons. The molecule has 0 aromatic carbocycles. The molecule has 0 spiro atoms. The largest absolute Gasteiger partial charge is 0.487 e. The Hall–Kier alpha value is -1.33. The number of nitrogens with zero attached hydrogens (tertiary/aromatic N) is 2. The molecule has 2 aliphatic heterocycles. The van der Waals surface area contributed by atoms with Gasteiger partial charge in [0, 0.05) is 19.9 Å². The smallest absolute Gasteiger partial charge is 0.172 e. The quantitative estimate of drug-likeness (QED) is 0.769. The van der Waals surface area contributed by atoms with Crippen LogP contribution in [0, 0.1) is 6.92 Å². The third-order valence-corrected chi connectivity index (χ3v) is 3.79. The number of aryl methyl sites for hydroxylation is 1. The number of hydrogen-bond acceptors (Lipinski definition) is 5. The van der Waals surface area contributed by atoms with Crippen molar-refractivity contribution < 1.29 is 14.2 Å². The highest BCUT2D eigenvalue weighted by Gasteiger charge is 2.38. The Kier molecular flexibility index (Phi) is 3.57. The first-order valence-corrected chi connectivity index (χ1v) is 6.75. The summed E-state index contributed by atoms with van der Waals surface area (Å²) in [5.74, 6) is 1.89. The first-order valence-electron chi connectivity index (χ1n) is 6.75. The number of hydrogen-bond donors (Lipinski definition) is 0. The van der Waals surface area contributed by atoms with E-state index in [0.29, 0.717) is 19.3 Å². The minimum Gasteiger partial charge on any atom is -0.487 e. The van der Waals surface area contributed by atoms with E-state index in [0.717, 1.165) is 36.7 Å². The van der Waals surface area contributed by atoms with Crippen molar-refractivity contribution in [1.29, 1.82) is 0 Å². The van der Waals surface area contributed by atoms with Crippen molar-refractivity contribution in [2.45, 2.75) is 25.5 Å². The summed E-state index contributed by atoms with van der Waals surface area (Å²) in [6.45, 7) is 4.97. The van der Waals surface area contributed by atoms with Gasteiger partial charge in [-0.15, -0.1) is 0 Å². The fourth-order valence-corrected chi connectivity index (χ4v) is 2.80. The average molecular weight is 264 g/mol. The van der Waals surface area contributed by atoms with Gasteiger partial charge in [-0.05, 0) is 25.0 Å². The van der Waals surface area contributed by atoms with Gasteiger partial charge >= 0.3 is 0 Å². The van der Waals surface area contributed by atoms with Crippen molar-refractivity contribution in [3.63, 3.8) is 0 Å². The minimum absolute atomic E-state index is 0.247. The Morgan fingerprint density at radius 3 is 3.21 bits per heavy atom. The van der Waals surface area contributed by atoms with E-state index in [4.69, 9.17) is 14.2 Å². The molecule has 0 bridgehead atoms. The highest BCUT2D eigenvalue weighted by molar-refractivity contribution is 5.59. The molecule has 2 aliphatic rings. The maximum Gasteiger partial charge on any atom is 0.172 e. The molecule has 1 saturated heterocycles. The number of aromatic nitrogens is 1. The molecule has 1 aromatic rings. The van der Waals surface area contributed by atoms with E-state index in [2.05, 4.69) is 16.8 Å². The molecule has 1 aromatic heterocycles. The van der Waals surface area contributed by atoms with Crippen LogP contribution in [0.5, 0.6) is 5.75 Å². The Bertz CT molecular complexity index is 452. The molecule has 2 unspecified atom stereocenters. The molecule has 19 heavy (non-hydrogen) atoms. The van der Waals surface area contributed by atoms with Crippen LogP contribution in [0.4, 0.5) is 5.82 Å². The van der Waals surface area contributed by atoms with E-state index in [9.17, 15) is 0 Å². The van der Waals surface area contributed by atoms with Gasteiger partial charge in [-0.2, -0.15) is 0 Å². The summed E-state index contributed by atoms with van der Waals surface area (Å²) in [6, 6.07) is 2.37. The summed E-state index contributed by atoms with van der Waals surface area (Å²) >= 11 is 0. The van der Waals surface area contributed by atoms with E-state index in [1.807, 2.05) is 12.3 Å². The highest BCUT2D eigenvalue weighted by atomic mass is 16.5. The van der Waals surface area contributed by atoms with Gasteiger partial charge in [0.1, 0.15) is 6.61 Å². The molecule has 3 heterocycles. The summed E-state index contributed by atoms with van der Waals surface area (Å²) in [7, 11) is 1.69. The third kappa shape index (κ3) is 2.40. The molecular formula is C14H20N2O3. The van der Waals surface area contributed by atoms with Gasteiger partial charge in [0.05, 0.1) is 25.4 Å². The van der Waals surface area contributed by atoms with Gasteiger partial charge in [0.15, 0.2) is 11.6 Å². The first-order chi connectivity index (χ1) is 9.29. The van der Waals surface area contributed by atoms with Crippen molar-refractivity contribution in [1.82, 2.24) is 4.98 Å². The van der Waals surface area contributed by atoms with Gasteiger partial charge in [-0.25, -0.2) is 4.98 Å². The topological polar surface area (TPSA) is 43.8 Å². The fraction of sp³-hybridized carbons (Fsp3) is 0.643. The van der Waals surface area contributed by atoms with Crippen LogP contribution in [-0.4, -0.2) is 50.6 Å². The van der Waals surface area contributed by atoms with Crippen molar-refractivity contribution in [2.75, 3.05) is 38.4 Å². The van der Waals surface area contributed by atoms with Crippen LogP contribution in [0.3, 0.4) is 0 Å². The number of fused-ring (bicyclic) bond motifs is 3. The first kappa shape index (κ1) is 12.7. The molecule has 0 amide bonds. The lowest BCUT2D eigenvalue weighted by molar-refractivity contribution is 0.0261. The molecular weight excluding hydrogens is 244 g/mol. The van der Waals surface area contributed by atoms with Crippen molar-refractivity contribution in [3.8, 4) is 5.75 Å². The SMILES string of the molecule is COCCOC1CC2COc3c(C)ccnc3N2C1. The van der Waals surface area contributed by atoms with Crippen molar-refractivity contribution >= 4 is 5.82 Å². The summed E-state index contributed by atoms with van der Waals surface area (Å²) in [4.78, 5) is 6.80. The van der Waals surface area contributed by atoms with Gasteiger partial charge in [0.25, 0.3) is 0 Å². The van der Waals surface area contributed by atoms with Gasteiger partial charge < -0.3 is 19.1 Å². The van der Waals surface area contributed by atoms with E-state index >= 15 is 0 Å². The van der Waals surface area contributed by atoms with E-state index < -0.39 is 0 Å². The maximum atomic E-state index is 5.86. The Morgan fingerprint density at radius 2 is 2.37 bits per heavy atom. The summed E-state index contributed by atoms with van der Waals surface area (Å²) in [5, 5.41) is 0. The predicted molar refractivity (Wildman–Crippen MR) is 71.8 cm³/mol. The second-order valence-electron chi connectivity index (χ2n) is 5.12. The van der Waals surface area contributed by atoms with Crippen molar-refractivity contribution in [3.05, 3.63) is 17.8 Å². The number of rotatable bonds is 4. The zero-order valence-electron chi connectivity index (χ0n) is 11.5. The highest BCUT2D eigenvalue weighted by Crippen LogP contribution is 2.38. The molecule has 5 nitrogen and oxygen atoms in total. The molecule has 1 fully saturated rings. The lowest BCUT2D eigenvalue weighted by atomic mass is 10.1. The van der Waals surface area contributed by atoms with Crippen molar-refractivity contribution in [2.24, 2.45) is 0 Å². The summed E-state index contributed by atoms with van der Waals surface area (Å²) < 4.78 is 16.7. The van der Waals surface area contributed by atoms with Crippen LogP contribution in [0.1, 0.15) is 12.0 Å². The lowest BCUT2D eigenvalue weighted by Gasteiger charge is -2.32. The second kappa shape index (κ2) is 5.35. The minimum atomic E-state index is 0.247. The monoisotopic (exact) mass is 264 g/mol. The molecule has 0 radical (unpaired) electrons. The van der Waals surface area contributed by atoms with Gasteiger partial charge in [0.2, 0.25) is 0 Å². The molecule has 0 N–H and O–H groups in total. The zero-order valence-corrected chi connectivity index (χ0v) is 11.5. The van der Waals surface area contributed by atoms with Crippen LogP contribution in [0.2, 0.25) is 0 Å². The number of ether oxygens (including phenoxy) is 3. The Morgan fingerprint density at radius 1 is 1.47 bits per heavy atom. The molecule has 2 atom stereocenters. The van der Waals surface area contributed by atoms with E-state index in [-0.39, 0.29) is 6.10 Å². The second-order valence-corrected chi connectivity index (χ2v) is 5.12. The molecule has 5 heteroatoms. The van der Waals surface area contributed by atoms with Crippen LogP contribution in [0.15, 0.2) is 12.3 Å². The van der Waals surface area contributed by atoms with Crippen LogP contribution in [-0.2, 0) is 9.47 Å². The van der Waals surface area contributed by atoms with Crippen LogP contribution < -0.4 is 9.64 Å². The van der Waals surface area contributed by atoms with E-state index in [1.54, 1.807) is 7.11 Å². The molecule has 0 aliphatic carbocycles. The van der Waals surface area contributed by atoms with Gasteiger partial charge in [-0.3, -0.25) is 0 Å². The fourth-order valence-electron chi connectivity index (χ4n) is 2.80. The molecule has 0 saturated carbocycles. The summed E-state index contributed by atoms with van der Waals surface area (Å²) in [5.41, 5.74) is 1.15. The Labute approximate surface area is 113 Å². The van der Waals surface area contributed by atoms with Crippen LogP contribution >= 0.6 is 0 Å². The summed E-state index contributed by atoms with van der Waals surface area (Å²) in [6.07, 6.45) is 3.09. The van der Waals surface area contributed by atoms with Crippen LogP contribution in [0.25, 0.3) is 0 Å². The molecule has 3 rings (SSSR count). The number of pyridine rings is 1. The maximum absolute atomic E-state index is 5.86. The average Bonchev–Trinajstić information content (AvgIpc) is 2.82. The lowest BCUT2D eigenvalue weighted by Crippen LogP contribution is -2.39.